The first kappa shape index (κ1) is 23.4. The van der Waals surface area contributed by atoms with Crippen molar-refractivity contribution < 1.29 is 17.9 Å². The Hall–Kier alpha value is -2.78. The van der Waals surface area contributed by atoms with Gasteiger partial charge in [-0.2, -0.15) is 4.98 Å². The summed E-state index contributed by atoms with van der Waals surface area (Å²) in [5, 5.41) is 7.50. The maximum absolute atomic E-state index is 13.5. The van der Waals surface area contributed by atoms with Gasteiger partial charge in [0.2, 0.25) is 5.88 Å². The quantitative estimate of drug-likeness (QED) is 0.375. The molecule has 3 N–H and O–H groups in total. The fraction of sp³-hybridized carbons (Fsp3) is 0.458. The normalized spacial score (nSPS) is 16.3. The summed E-state index contributed by atoms with van der Waals surface area (Å²) < 4.78 is 44.7. The Morgan fingerprint density at radius 2 is 2.03 bits per heavy atom. The highest BCUT2D eigenvalue weighted by Crippen LogP contribution is 2.41. The lowest BCUT2D eigenvalue weighted by Gasteiger charge is -2.36. The molecule has 1 aliphatic heterocycles. The number of alkyl halides is 3. The molecule has 0 fully saturated rings. The highest BCUT2D eigenvalue weighted by molar-refractivity contribution is 5.85. The number of halogens is 3. The number of methoxy groups -OCH3 is 1. The Balaban J connectivity index is 1.62. The summed E-state index contributed by atoms with van der Waals surface area (Å²) in [6.07, 6.45) is -1.25. The molecule has 178 valence electrons. The van der Waals surface area contributed by atoms with Gasteiger partial charge in [0.1, 0.15) is 5.82 Å². The van der Waals surface area contributed by atoms with Crippen LogP contribution in [0.4, 0.5) is 19.0 Å². The van der Waals surface area contributed by atoms with Gasteiger partial charge in [0, 0.05) is 41.8 Å². The molecule has 9 heteroatoms. The second kappa shape index (κ2) is 10.9. The molecule has 6 nitrogen and oxygen atoms in total. The summed E-state index contributed by atoms with van der Waals surface area (Å²) in [6.45, 7) is 1.79. The number of nitrogens with zero attached hydrogens (tertiary/aromatic N) is 2. The lowest BCUT2D eigenvalue weighted by atomic mass is 9.92. The first-order valence-corrected chi connectivity index (χ1v) is 11.3. The van der Waals surface area contributed by atoms with Gasteiger partial charge >= 0.3 is 0 Å². The number of nitrogens with one attached hydrogen (secondary N) is 3. The maximum Gasteiger partial charge on any atom is 0.251 e. The van der Waals surface area contributed by atoms with Crippen LogP contribution in [0.25, 0.3) is 10.9 Å². The van der Waals surface area contributed by atoms with Crippen LogP contribution in [0.1, 0.15) is 29.3 Å². The molecule has 33 heavy (non-hydrogen) atoms. The summed E-state index contributed by atoms with van der Waals surface area (Å²) in [4.78, 5) is 9.86. The zero-order valence-electron chi connectivity index (χ0n) is 18.7. The van der Waals surface area contributed by atoms with Gasteiger partial charge in [0.25, 0.3) is 6.43 Å². The van der Waals surface area contributed by atoms with Crippen molar-refractivity contribution in [3.05, 3.63) is 53.2 Å². The number of ether oxygens (including phenoxy) is 1. The fourth-order valence-corrected chi connectivity index (χ4v) is 4.53. The van der Waals surface area contributed by atoms with Crippen LogP contribution in [0.3, 0.4) is 0 Å². The predicted molar refractivity (Wildman–Crippen MR) is 124 cm³/mol. The Kier molecular flexibility index (Phi) is 7.72. The molecule has 0 spiro atoms. The van der Waals surface area contributed by atoms with Crippen molar-refractivity contribution in [1.29, 1.82) is 0 Å². The monoisotopic (exact) mass is 461 g/mol. The van der Waals surface area contributed by atoms with Crippen LogP contribution in [0, 0.1) is 0 Å². The first-order valence-electron chi connectivity index (χ1n) is 11.3. The summed E-state index contributed by atoms with van der Waals surface area (Å²) in [6, 6.07) is 11.4. The first-order chi connectivity index (χ1) is 16.1. The van der Waals surface area contributed by atoms with Crippen LogP contribution in [-0.2, 0) is 6.42 Å². The molecule has 2 aromatic heterocycles. The van der Waals surface area contributed by atoms with E-state index in [1.807, 2.05) is 30.3 Å². The van der Waals surface area contributed by atoms with Gasteiger partial charge in [0.05, 0.1) is 26.4 Å². The van der Waals surface area contributed by atoms with Gasteiger partial charge in [-0.1, -0.05) is 18.2 Å². The molecule has 0 saturated carbocycles. The number of fused-ring (bicyclic) bond motifs is 3. The van der Waals surface area contributed by atoms with Crippen LogP contribution < -0.4 is 15.4 Å². The van der Waals surface area contributed by atoms with Gasteiger partial charge in [-0.15, -0.1) is 0 Å². The van der Waals surface area contributed by atoms with E-state index in [9.17, 15) is 13.2 Å². The van der Waals surface area contributed by atoms with E-state index >= 15 is 0 Å². The highest BCUT2D eigenvalue weighted by Gasteiger charge is 2.35. The van der Waals surface area contributed by atoms with Crippen molar-refractivity contribution in [2.45, 2.75) is 25.3 Å². The van der Waals surface area contributed by atoms with Crippen LogP contribution >= 0.6 is 0 Å². The van der Waals surface area contributed by atoms with E-state index in [1.54, 1.807) is 12.0 Å². The van der Waals surface area contributed by atoms with E-state index in [0.717, 1.165) is 27.7 Å². The van der Waals surface area contributed by atoms with Crippen LogP contribution in [0.15, 0.2) is 36.4 Å². The zero-order chi connectivity index (χ0) is 23.2. The molecular weight excluding hydrogens is 431 g/mol. The van der Waals surface area contributed by atoms with Crippen LogP contribution in [-0.4, -0.2) is 67.8 Å². The molecule has 0 bridgehead atoms. The Morgan fingerprint density at radius 1 is 1.18 bits per heavy atom. The number of hydrogen-bond donors (Lipinski definition) is 3. The fourth-order valence-electron chi connectivity index (χ4n) is 4.53. The molecule has 3 aromatic rings. The Labute approximate surface area is 191 Å². The van der Waals surface area contributed by atoms with Gasteiger partial charge in [-0.25, -0.2) is 8.78 Å². The third-order valence-corrected chi connectivity index (χ3v) is 5.98. The third-order valence-electron chi connectivity index (χ3n) is 5.98. The number of hydrogen-bond acceptors (Lipinski definition) is 5. The molecule has 0 unspecified atom stereocenters. The third kappa shape index (κ3) is 5.25. The second-order valence-electron chi connectivity index (χ2n) is 8.12. The number of para-hydroxylation sites is 1. The van der Waals surface area contributed by atoms with Gasteiger partial charge in [0.15, 0.2) is 0 Å². The van der Waals surface area contributed by atoms with Crippen molar-refractivity contribution in [2.24, 2.45) is 0 Å². The number of rotatable bonds is 11. The molecule has 1 aliphatic rings. The van der Waals surface area contributed by atoms with E-state index in [2.05, 4.69) is 26.7 Å². The van der Waals surface area contributed by atoms with Crippen LogP contribution in [0.5, 0.6) is 5.88 Å². The molecule has 0 aliphatic carbocycles. The van der Waals surface area contributed by atoms with E-state index in [0.29, 0.717) is 50.7 Å². The number of aromatic amines is 1. The van der Waals surface area contributed by atoms with E-state index < -0.39 is 12.5 Å². The molecule has 1 aromatic carbocycles. The predicted octanol–water partition coefficient (Wildman–Crippen LogP) is 4.15. The van der Waals surface area contributed by atoms with Crippen molar-refractivity contribution in [3.63, 3.8) is 0 Å². The van der Waals surface area contributed by atoms with Crippen molar-refractivity contribution >= 4 is 16.7 Å². The number of benzene rings is 1. The summed E-state index contributed by atoms with van der Waals surface area (Å²) in [5.74, 6) is 1.04. The number of anilines is 1. The second-order valence-corrected chi connectivity index (χ2v) is 8.12. The minimum absolute atomic E-state index is 0.326. The number of aromatic nitrogens is 2. The van der Waals surface area contributed by atoms with Crippen molar-refractivity contribution in [3.8, 4) is 5.88 Å². The maximum atomic E-state index is 13.5. The Bertz CT molecular complexity index is 1060. The topological polar surface area (TPSA) is 65.2 Å². The Morgan fingerprint density at radius 3 is 2.82 bits per heavy atom. The molecule has 0 amide bonds. The minimum Gasteiger partial charge on any atom is -0.481 e. The summed E-state index contributed by atoms with van der Waals surface area (Å²) in [5.41, 5.74) is 3.82. The van der Waals surface area contributed by atoms with Crippen molar-refractivity contribution in [2.75, 3.05) is 51.8 Å². The molecule has 1 atom stereocenters. The molecule has 3 heterocycles. The van der Waals surface area contributed by atoms with E-state index in [-0.39, 0.29) is 13.2 Å². The molecule has 0 radical (unpaired) electrons. The smallest absolute Gasteiger partial charge is 0.251 e. The standard InChI is InChI=1S/C24H30F3N5O/c1-33-24-18(7-8-21(31-24)29-13-12-28-11-4-10-25)23-22-17(9-14-32(23)15-20(26)27)16-5-2-3-6-19(16)30-22/h2-3,5-8,20,23,28,30H,4,9-15H2,1H3,(H,29,31)/t23-/m1/s1. The lowest BCUT2D eigenvalue weighted by Crippen LogP contribution is -2.39. The van der Waals surface area contributed by atoms with Crippen LogP contribution in [0.2, 0.25) is 0 Å². The molecular formula is C24H30F3N5O. The SMILES string of the molecule is COc1nc(NCCNCCCF)ccc1[C@@H]1c2[nH]c3ccccc3c2CCN1CC(F)F. The van der Waals surface area contributed by atoms with E-state index in [1.165, 1.54) is 0 Å². The van der Waals surface area contributed by atoms with E-state index in [4.69, 9.17) is 4.74 Å². The zero-order valence-corrected chi connectivity index (χ0v) is 18.7. The summed E-state index contributed by atoms with van der Waals surface area (Å²) in [7, 11) is 1.54. The average Bonchev–Trinajstić information content (AvgIpc) is 3.19. The largest absolute Gasteiger partial charge is 0.481 e. The highest BCUT2D eigenvalue weighted by atomic mass is 19.3. The van der Waals surface area contributed by atoms with Gasteiger partial charge in [-0.05, 0) is 43.1 Å². The molecule has 4 rings (SSSR count). The van der Waals surface area contributed by atoms with Gasteiger partial charge in [-0.3, -0.25) is 9.29 Å². The number of pyridine rings is 1. The number of H-pyrrole nitrogens is 1. The van der Waals surface area contributed by atoms with Gasteiger partial charge < -0.3 is 20.4 Å². The average molecular weight is 462 g/mol. The lowest BCUT2D eigenvalue weighted by molar-refractivity contribution is 0.0689. The summed E-state index contributed by atoms with van der Waals surface area (Å²) >= 11 is 0. The molecule has 0 saturated heterocycles. The van der Waals surface area contributed by atoms with Crippen molar-refractivity contribution in [1.82, 2.24) is 20.2 Å². The minimum atomic E-state index is -2.44.